The summed E-state index contributed by atoms with van der Waals surface area (Å²) in [6.45, 7) is 1.30. The molecule has 0 amide bonds. The molecule has 0 spiro atoms. The zero-order chi connectivity index (χ0) is 19.7. The number of methoxy groups -OCH3 is 1. The molecule has 2 aromatic carbocycles. The normalized spacial score (nSPS) is 11.9. The van der Waals surface area contributed by atoms with Gasteiger partial charge in [-0.3, -0.25) is 4.79 Å². The third-order valence-corrected chi connectivity index (χ3v) is 4.86. The maximum Gasteiger partial charge on any atom is 0.417 e. The zero-order valence-corrected chi connectivity index (χ0v) is 15.0. The maximum absolute atomic E-state index is 12.9. The molecule has 0 aliphatic heterocycles. The number of rotatable bonds is 5. The maximum atomic E-state index is 12.9. The van der Waals surface area contributed by atoms with Crippen LogP contribution in [0.1, 0.15) is 22.8 Å². The van der Waals surface area contributed by atoms with Crippen LogP contribution in [0.4, 0.5) is 13.2 Å². The predicted molar refractivity (Wildman–Crippen MR) is 87.3 cm³/mol. The van der Waals surface area contributed by atoms with Gasteiger partial charge in [-0.2, -0.15) is 21.6 Å². The van der Waals surface area contributed by atoms with E-state index in [0.29, 0.717) is 6.07 Å². The Morgan fingerprint density at radius 3 is 2.27 bits per heavy atom. The van der Waals surface area contributed by atoms with E-state index in [1.807, 2.05) is 0 Å². The Balaban J connectivity index is 2.45. The van der Waals surface area contributed by atoms with Crippen LogP contribution in [0.3, 0.4) is 0 Å². The molecule has 26 heavy (non-hydrogen) atoms. The standard InChI is InChI=1S/C16H12ClF3O5S/c1-9(21)10-3-6-14(15(7-10)24-2)25-26(22,23)11-4-5-13(17)12(8-11)16(18,19)20/h3-8H,1-2H3. The first-order chi connectivity index (χ1) is 12.0. The molecule has 0 saturated carbocycles. The number of hydrogen-bond acceptors (Lipinski definition) is 5. The molecule has 0 aliphatic carbocycles. The van der Waals surface area contributed by atoms with E-state index in [0.717, 1.165) is 12.1 Å². The molecule has 0 heterocycles. The number of carbonyl (C=O) groups excluding carboxylic acids is 1. The number of Topliss-reactive ketones (excluding diaryl/α,β-unsaturated/α-hetero) is 1. The number of alkyl halides is 3. The SMILES string of the molecule is COc1cc(C(C)=O)ccc1OS(=O)(=O)c1ccc(Cl)c(C(F)(F)F)c1. The molecule has 140 valence electrons. The largest absolute Gasteiger partial charge is 0.493 e. The number of carbonyl (C=O) groups is 1. The van der Waals surface area contributed by atoms with Gasteiger partial charge < -0.3 is 8.92 Å². The first-order valence-corrected chi connectivity index (χ1v) is 8.74. The van der Waals surface area contributed by atoms with Crippen LogP contribution in [0.15, 0.2) is 41.3 Å². The van der Waals surface area contributed by atoms with Gasteiger partial charge in [0.05, 0.1) is 17.7 Å². The highest BCUT2D eigenvalue weighted by Gasteiger charge is 2.35. The van der Waals surface area contributed by atoms with Gasteiger partial charge in [0.25, 0.3) is 0 Å². The summed E-state index contributed by atoms with van der Waals surface area (Å²) in [5, 5.41) is -0.639. The van der Waals surface area contributed by atoms with E-state index >= 15 is 0 Å². The molecule has 0 unspecified atom stereocenters. The van der Waals surface area contributed by atoms with Crippen LogP contribution in [-0.4, -0.2) is 21.3 Å². The van der Waals surface area contributed by atoms with Crippen molar-refractivity contribution in [3.63, 3.8) is 0 Å². The second kappa shape index (κ2) is 7.16. The van der Waals surface area contributed by atoms with E-state index in [-0.39, 0.29) is 22.8 Å². The van der Waals surface area contributed by atoms with Crippen molar-refractivity contribution >= 4 is 27.5 Å². The Labute approximate surface area is 152 Å². The van der Waals surface area contributed by atoms with E-state index in [4.69, 9.17) is 20.5 Å². The molecule has 10 heteroatoms. The average molecular weight is 409 g/mol. The van der Waals surface area contributed by atoms with Gasteiger partial charge in [0.1, 0.15) is 4.90 Å². The monoisotopic (exact) mass is 408 g/mol. The van der Waals surface area contributed by atoms with Crippen LogP contribution in [0.2, 0.25) is 5.02 Å². The average Bonchev–Trinajstić information content (AvgIpc) is 2.53. The minimum absolute atomic E-state index is 0.0636. The highest BCUT2D eigenvalue weighted by atomic mass is 35.5. The van der Waals surface area contributed by atoms with E-state index < -0.39 is 31.8 Å². The molecular weight excluding hydrogens is 397 g/mol. The third kappa shape index (κ3) is 4.28. The second-order valence-corrected chi connectivity index (χ2v) is 7.05. The predicted octanol–water partition coefficient (Wildman–Crippen LogP) is 4.34. The fraction of sp³-hybridized carbons (Fsp3) is 0.188. The summed E-state index contributed by atoms with van der Waals surface area (Å²) in [5.41, 5.74) is -1.06. The lowest BCUT2D eigenvalue weighted by Crippen LogP contribution is -2.13. The van der Waals surface area contributed by atoms with Crippen molar-refractivity contribution in [2.24, 2.45) is 0 Å². The summed E-state index contributed by atoms with van der Waals surface area (Å²) in [7, 11) is -3.38. The lowest BCUT2D eigenvalue weighted by Gasteiger charge is -2.13. The molecule has 0 aromatic heterocycles. The van der Waals surface area contributed by atoms with Crippen LogP contribution in [0.5, 0.6) is 11.5 Å². The molecular formula is C16H12ClF3O5S. The van der Waals surface area contributed by atoms with Crippen molar-refractivity contribution in [3.8, 4) is 11.5 Å². The van der Waals surface area contributed by atoms with Gasteiger partial charge >= 0.3 is 16.3 Å². The Morgan fingerprint density at radius 1 is 1.08 bits per heavy atom. The molecule has 0 radical (unpaired) electrons. The Bertz CT molecular complexity index is 955. The van der Waals surface area contributed by atoms with Gasteiger partial charge in [0.2, 0.25) is 0 Å². The Hall–Kier alpha value is -2.26. The van der Waals surface area contributed by atoms with Crippen molar-refractivity contribution < 1.29 is 35.3 Å². The minimum Gasteiger partial charge on any atom is -0.493 e. The van der Waals surface area contributed by atoms with Gasteiger partial charge in [-0.25, -0.2) is 0 Å². The number of ether oxygens (including phenoxy) is 1. The smallest absolute Gasteiger partial charge is 0.417 e. The quantitative estimate of drug-likeness (QED) is 0.543. The minimum atomic E-state index is -4.83. The van der Waals surface area contributed by atoms with Crippen molar-refractivity contribution in [1.29, 1.82) is 0 Å². The second-order valence-electron chi connectivity index (χ2n) is 5.10. The van der Waals surface area contributed by atoms with Crippen molar-refractivity contribution in [3.05, 3.63) is 52.5 Å². The zero-order valence-electron chi connectivity index (χ0n) is 13.4. The van der Waals surface area contributed by atoms with Gasteiger partial charge in [-0.1, -0.05) is 11.6 Å². The summed E-state index contributed by atoms with van der Waals surface area (Å²) < 4.78 is 73.2. The molecule has 0 N–H and O–H groups in total. The summed E-state index contributed by atoms with van der Waals surface area (Å²) in [6.07, 6.45) is -4.83. The van der Waals surface area contributed by atoms with Crippen molar-refractivity contribution in [2.75, 3.05) is 7.11 Å². The molecule has 0 atom stereocenters. The van der Waals surface area contributed by atoms with Crippen LogP contribution in [0.25, 0.3) is 0 Å². The highest BCUT2D eigenvalue weighted by molar-refractivity contribution is 7.87. The van der Waals surface area contributed by atoms with Crippen LogP contribution < -0.4 is 8.92 Å². The van der Waals surface area contributed by atoms with Crippen LogP contribution in [0, 0.1) is 0 Å². The summed E-state index contributed by atoms with van der Waals surface area (Å²) >= 11 is 5.48. The lowest BCUT2D eigenvalue weighted by atomic mass is 10.1. The van der Waals surface area contributed by atoms with E-state index in [1.54, 1.807) is 0 Å². The molecule has 2 rings (SSSR count). The first kappa shape index (κ1) is 20.1. The summed E-state index contributed by atoms with van der Waals surface area (Å²) in [4.78, 5) is 10.6. The molecule has 5 nitrogen and oxygen atoms in total. The van der Waals surface area contributed by atoms with Gasteiger partial charge in [-0.05, 0) is 43.3 Å². The molecule has 0 aliphatic rings. The van der Waals surface area contributed by atoms with Gasteiger partial charge in [0.15, 0.2) is 17.3 Å². The Morgan fingerprint density at radius 2 is 1.73 bits per heavy atom. The van der Waals surface area contributed by atoms with Crippen LogP contribution in [-0.2, 0) is 16.3 Å². The fourth-order valence-electron chi connectivity index (χ4n) is 2.00. The number of ketones is 1. The number of hydrogen-bond donors (Lipinski definition) is 0. The highest BCUT2D eigenvalue weighted by Crippen LogP contribution is 2.37. The van der Waals surface area contributed by atoms with Gasteiger partial charge in [-0.15, -0.1) is 0 Å². The van der Waals surface area contributed by atoms with Crippen LogP contribution >= 0.6 is 11.6 Å². The van der Waals surface area contributed by atoms with Crippen molar-refractivity contribution in [1.82, 2.24) is 0 Å². The van der Waals surface area contributed by atoms with Gasteiger partial charge in [0, 0.05) is 5.56 Å². The van der Waals surface area contributed by atoms with E-state index in [1.165, 1.54) is 32.2 Å². The summed E-state index contributed by atoms with van der Waals surface area (Å²) in [5.74, 6) is -0.627. The van der Waals surface area contributed by atoms with E-state index in [9.17, 15) is 26.4 Å². The van der Waals surface area contributed by atoms with Crippen molar-refractivity contribution in [2.45, 2.75) is 18.0 Å². The topological polar surface area (TPSA) is 69.7 Å². The Kier molecular flexibility index (Phi) is 5.52. The fourth-order valence-corrected chi connectivity index (χ4v) is 3.19. The number of benzene rings is 2. The van der Waals surface area contributed by atoms with E-state index in [2.05, 4.69) is 0 Å². The molecule has 0 bridgehead atoms. The molecule has 0 fully saturated rings. The lowest BCUT2D eigenvalue weighted by molar-refractivity contribution is -0.137. The first-order valence-electron chi connectivity index (χ1n) is 6.96. The molecule has 0 saturated heterocycles. The number of halogens is 4. The third-order valence-electron chi connectivity index (χ3n) is 3.30. The molecule has 2 aromatic rings. The summed E-state index contributed by atoms with van der Waals surface area (Å²) in [6, 6.07) is 5.83.